The van der Waals surface area contributed by atoms with Crippen molar-refractivity contribution in [3.8, 4) is 0 Å². The molecule has 2 heterocycles. The number of carbonyl (C=O) groups excluding carboxylic acids is 1. The van der Waals surface area contributed by atoms with Crippen LogP contribution in [0.2, 0.25) is 0 Å². The lowest BCUT2D eigenvalue weighted by molar-refractivity contribution is 0.112. The second-order valence-corrected chi connectivity index (χ2v) is 6.05. The molecule has 0 radical (unpaired) electrons. The Balaban J connectivity index is 2.08. The Morgan fingerprint density at radius 3 is 2.73 bits per heavy atom. The normalized spacial score (nSPS) is 11.1. The minimum Gasteiger partial charge on any atom is -0.328 e. The Kier molecular flexibility index (Phi) is 3.94. The van der Waals surface area contributed by atoms with E-state index in [1.165, 1.54) is 6.07 Å². The second kappa shape index (κ2) is 5.75. The van der Waals surface area contributed by atoms with Crippen LogP contribution in [-0.2, 0) is 6.54 Å². The van der Waals surface area contributed by atoms with E-state index in [2.05, 4.69) is 27.6 Å². The fourth-order valence-corrected chi connectivity index (χ4v) is 3.32. The van der Waals surface area contributed by atoms with Crippen molar-refractivity contribution in [2.75, 3.05) is 0 Å². The van der Waals surface area contributed by atoms with E-state index in [4.69, 9.17) is 0 Å². The lowest BCUT2D eigenvalue weighted by atomic mass is 10.2. The van der Waals surface area contributed by atoms with Gasteiger partial charge in [-0.3, -0.25) is 4.79 Å². The molecule has 0 bridgehead atoms. The lowest BCUT2D eigenvalue weighted by Gasteiger charge is -2.08. The van der Waals surface area contributed by atoms with Gasteiger partial charge in [-0.05, 0) is 53.3 Å². The number of halogens is 3. The summed E-state index contributed by atoms with van der Waals surface area (Å²) in [4.78, 5) is 15.6. The van der Waals surface area contributed by atoms with Crippen LogP contribution in [-0.4, -0.2) is 15.8 Å². The summed E-state index contributed by atoms with van der Waals surface area (Å²) in [6.45, 7) is 2.16. The summed E-state index contributed by atoms with van der Waals surface area (Å²) in [6.07, 6.45) is 2.63. The number of aldehydes is 1. The first kappa shape index (κ1) is 15.1. The van der Waals surface area contributed by atoms with Gasteiger partial charge < -0.3 is 4.57 Å². The quantitative estimate of drug-likeness (QED) is 0.480. The number of fused-ring (bicyclic) bond motifs is 1. The SMILES string of the molecule is Cc1nc2c(ccn2Cc2ccc(F)c(F)c2)c(I)c1C=O. The number of pyridine rings is 1. The molecule has 112 valence electrons. The van der Waals surface area contributed by atoms with E-state index in [0.717, 1.165) is 27.0 Å². The molecule has 3 rings (SSSR count). The van der Waals surface area contributed by atoms with Gasteiger partial charge in [-0.25, -0.2) is 13.8 Å². The Labute approximate surface area is 139 Å². The van der Waals surface area contributed by atoms with E-state index in [0.29, 0.717) is 23.4 Å². The van der Waals surface area contributed by atoms with E-state index < -0.39 is 11.6 Å². The van der Waals surface area contributed by atoms with Gasteiger partial charge in [0.1, 0.15) is 5.65 Å². The third-order valence-electron chi connectivity index (χ3n) is 3.53. The molecule has 0 N–H and O–H groups in total. The second-order valence-electron chi connectivity index (χ2n) is 4.97. The molecule has 22 heavy (non-hydrogen) atoms. The number of hydrogen-bond donors (Lipinski definition) is 0. The molecule has 6 heteroatoms. The van der Waals surface area contributed by atoms with Crippen LogP contribution >= 0.6 is 22.6 Å². The molecule has 3 nitrogen and oxygen atoms in total. The third kappa shape index (κ3) is 2.51. The van der Waals surface area contributed by atoms with E-state index in [1.54, 1.807) is 13.0 Å². The van der Waals surface area contributed by atoms with Crippen LogP contribution in [0.4, 0.5) is 8.78 Å². The van der Waals surface area contributed by atoms with Crippen LogP contribution in [0.3, 0.4) is 0 Å². The van der Waals surface area contributed by atoms with Crippen LogP contribution in [0, 0.1) is 22.1 Å². The van der Waals surface area contributed by atoms with Gasteiger partial charge in [-0.1, -0.05) is 6.07 Å². The van der Waals surface area contributed by atoms with Crippen molar-refractivity contribution in [3.05, 3.63) is 62.5 Å². The van der Waals surface area contributed by atoms with Crippen LogP contribution in [0.25, 0.3) is 11.0 Å². The van der Waals surface area contributed by atoms with E-state index in [-0.39, 0.29) is 0 Å². The lowest BCUT2D eigenvalue weighted by Crippen LogP contribution is -2.03. The number of aromatic nitrogens is 2. The maximum Gasteiger partial charge on any atom is 0.159 e. The molecule has 3 aromatic rings. The molecule has 1 aromatic carbocycles. The van der Waals surface area contributed by atoms with Gasteiger partial charge in [-0.2, -0.15) is 0 Å². The highest BCUT2D eigenvalue weighted by molar-refractivity contribution is 14.1. The number of aryl methyl sites for hydroxylation is 1. The van der Waals surface area contributed by atoms with Crippen molar-refractivity contribution in [1.29, 1.82) is 0 Å². The molecular weight excluding hydrogens is 401 g/mol. The maximum absolute atomic E-state index is 13.3. The summed E-state index contributed by atoms with van der Waals surface area (Å²) >= 11 is 2.12. The molecule has 0 aliphatic heterocycles. The van der Waals surface area contributed by atoms with Crippen LogP contribution in [0.5, 0.6) is 0 Å². The molecular formula is C16H11F2IN2O. The number of hydrogen-bond acceptors (Lipinski definition) is 2. The summed E-state index contributed by atoms with van der Waals surface area (Å²) in [5.74, 6) is -1.73. The smallest absolute Gasteiger partial charge is 0.159 e. The van der Waals surface area contributed by atoms with Crippen LogP contribution in [0.1, 0.15) is 21.6 Å². The number of benzene rings is 1. The van der Waals surface area contributed by atoms with Gasteiger partial charge in [0.2, 0.25) is 0 Å². The molecule has 0 amide bonds. The third-order valence-corrected chi connectivity index (χ3v) is 4.69. The van der Waals surface area contributed by atoms with E-state index in [9.17, 15) is 13.6 Å². The predicted molar refractivity (Wildman–Crippen MR) is 88.0 cm³/mol. The van der Waals surface area contributed by atoms with Gasteiger partial charge in [0, 0.05) is 27.3 Å². The first-order chi connectivity index (χ1) is 10.5. The number of carbonyl (C=O) groups is 1. The minimum absolute atomic E-state index is 0.379. The van der Waals surface area contributed by atoms with Crippen molar-refractivity contribution in [2.24, 2.45) is 0 Å². The first-order valence-corrected chi connectivity index (χ1v) is 7.63. The predicted octanol–water partition coefficient (Wildman–Crippen LogP) is 4.09. The zero-order valence-electron chi connectivity index (χ0n) is 11.6. The Morgan fingerprint density at radius 2 is 2.05 bits per heavy atom. The molecule has 0 atom stereocenters. The highest BCUT2D eigenvalue weighted by atomic mass is 127. The molecule has 0 saturated carbocycles. The van der Waals surface area contributed by atoms with Gasteiger partial charge in [0.05, 0.1) is 5.69 Å². The molecule has 0 spiro atoms. The largest absolute Gasteiger partial charge is 0.328 e. The standard InChI is InChI=1S/C16H11F2IN2O/c1-9-12(8-22)15(19)11-4-5-21(16(11)20-9)7-10-2-3-13(17)14(18)6-10/h2-6,8H,7H2,1H3. The number of rotatable bonds is 3. The average molecular weight is 412 g/mol. The zero-order chi connectivity index (χ0) is 15.9. The molecule has 0 unspecified atom stereocenters. The average Bonchev–Trinajstić information content (AvgIpc) is 2.86. The van der Waals surface area contributed by atoms with Gasteiger partial charge >= 0.3 is 0 Å². The van der Waals surface area contributed by atoms with Crippen LogP contribution in [0.15, 0.2) is 30.5 Å². The van der Waals surface area contributed by atoms with Crippen molar-refractivity contribution in [2.45, 2.75) is 13.5 Å². The molecule has 0 aliphatic carbocycles. The Morgan fingerprint density at radius 1 is 1.27 bits per heavy atom. The fraction of sp³-hybridized carbons (Fsp3) is 0.125. The Bertz CT molecular complexity index is 889. The van der Waals surface area contributed by atoms with Gasteiger partial charge in [0.25, 0.3) is 0 Å². The van der Waals surface area contributed by atoms with E-state index >= 15 is 0 Å². The molecule has 0 saturated heterocycles. The van der Waals surface area contributed by atoms with Crippen molar-refractivity contribution in [3.63, 3.8) is 0 Å². The van der Waals surface area contributed by atoms with Crippen molar-refractivity contribution >= 4 is 39.9 Å². The highest BCUT2D eigenvalue weighted by Gasteiger charge is 2.13. The fourth-order valence-electron chi connectivity index (χ4n) is 2.38. The summed E-state index contributed by atoms with van der Waals surface area (Å²) in [5.41, 5.74) is 2.60. The Hall–Kier alpha value is -1.83. The minimum atomic E-state index is -0.865. The van der Waals surface area contributed by atoms with Crippen molar-refractivity contribution < 1.29 is 13.6 Å². The van der Waals surface area contributed by atoms with Gasteiger partial charge in [-0.15, -0.1) is 0 Å². The summed E-state index contributed by atoms with van der Waals surface area (Å²) < 4.78 is 29.0. The maximum atomic E-state index is 13.3. The monoisotopic (exact) mass is 412 g/mol. The van der Waals surface area contributed by atoms with Gasteiger partial charge in [0.15, 0.2) is 17.9 Å². The first-order valence-electron chi connectivity index (χ1n) is 6.55. The zero-order valence-corrected chi connectivity index (χ0v) is 13.8. The van der Waals surface area contributed by atoms with E-state index in [1.807, 2.05) is 16.8 Å². The van der Waals surface area contributed by atoms with Crippen LogP contribution < -0.4 is 0 Å². The summed E-state index contributed by atoms with van der Waals surface area (Å²) in [5, 5.41) is 0.871. The molecule has 2 aromatic heterocycles. The number of nitrogens with zero attached hydrogens (tertiary/aromatic N) is 2. The summed E-state index contributed by atoms with van der Waals surface area (Å²) in [7, 11) is 0. The molecule has 0 aliphatic rings. The topological polar surface area (TPSA) is 34.9 Å². The highest BCUT2D eigenvalue weighted by Crippen LogP contribution is 2.25. The molecule has 0 fully saturated rings. The summed E-state index contributed by atoms with van der Waals surface area (Å²) in [6, 6.07) is 5.71. The van der Waals surface area contributed by atoms with Crippen molar-refractivity contribution in [1.82, 2.24) is 9.55 Å².